The van der Waals surface area contributed by atoms with Crippen molar-refractivity contribution in [2.24, 2.45) is 11.3 Å². The van der Waals surface area contributed by atoms with Crippen LogP contribution in [0, 0.1) is 11.3 Å². The van der Waals surface area contributed by atoms with Crippen LogP contribution in [0.2, 0.25) is 0 Å². The Balaban J connectivity index is 2.72. The number of benzene rings is 1. The predicted octanol–water partition coefficient (Wildman–Crippen LogP) is 7.78. The third kappa shape index (κ3) is 5.92. The van der Waals surface area contributed by atoms with E-state index in [0.717, 1.165) is 30.4 Å². The molecule has 32 heavy (non-hydrogen) atoms. The van der Waals surface area contributed by atoms with Crippen LogP contribution in [-0.2, 0) is 15.5 Å². The second-order valence-electron chi connectivity index (χ2n) is 10.1. The molecule has 178 valence electrons. The predicted molar refractivity (Wildman–Crippen MR) is 135 cm³/mol. The highest BCUT2D eigenvalue weighted by Crippen LogP contribution is 2.71. The van der Waals surface area contributed by atoms with Crippen molar-refractivity contribution in [3.63, 3.8) is 0 Å². The van der Waals surface area contributed by atoms with Crippen LogP contribution in [0.3, 0.4) is 0 Å². The molecule has 2 N–H and O–H groups in total. The van der Waals surface area contributed by atoms with Crippen LogP contribution < -0.4 is 0 Å². The van der Waals surface area contributed by atoms with E-state index in [1.165, 1.54) is 0 Å². The number of hydrogen-bond donors (Lipinski definition) is 2. The second kappa shape index (κ2) is 11.1. The zero-order valence-corrected chi connectivity index (χ0v) is 21.8. The van der Waals surface area contributed by atoms with Crippen LogP contribution in [0.4, 0.5) is 0 Å². The Morgan fingerprint density at radius 2 is 1.78 bits per heavy atom. The zero-order chi connectivity index (χ0) is 24.0. The fraction of sp³-hybridized carbons (Fsp3) is 0.577. The monoisotopic (exact) mass is 478 g/mol. The van der Waals surface area contributed by atoms with Gasteiger partial charge in [0.1, 0.15) is 0 Å². The van der Waals surface area contributed by atoms with Gasteiger partial charge in [0.25, 0.3) is 0 Å². The Morgan fingerprint density at radius 3 is 2.28 bits per heavy atom. The van der Waals surface area contributed by atoms with Gasteiger partial charge in [-0.3, -0.25) is 9.36 Å². The average molecular weight is 479 g/mol. The van der Waals surface area contributed by atoms with Gasteiger partial charge in [-0.05, 0) is 46.2 Å². The van der Waals surface area contributed by atoms with Gasteiger partial charge < -0.3 is 10.00 Å². The lowest BCUT2D eigenvalue weighted by atomic mass is 9.65. The van der Waals surface area contributed by atoms with E-state index in [0.29, 0.717) is 12.8 Å². The Kier molecular flexibility index (Phi) is 9.34. The highest BCUT2D eigenvalue weighted by molar-refractivity contribution is 7.59. The fourth-order valence-electron chi connectivity index (χ4n) is 5.17. The minimum absolute atomic E-state index is 0.0966. The smallest absolute Gasteiger partial charge is 0.306 e. The summed E-state index contributed by atoms with van der Waals surface area (Å²) in [5.74, 6) is -1.79. The zero-order valence-electron chi connectivity index (χ0n) is 20.1. The molecule has 0 aliphatic rings. The minimum atomic E-state index is -3.79. The number of rotatable bonds is 12. The van der Waals surface area contributed by atoms with Crippen molar-refractivity contribution in [3.05, 3.63) is 58.3 Å². The summed E-state index contributed by atoms with van der Waals surface area (Å²) in [6.45, 7) is 10.00. The highest BCUT2D eigenvalue weighted by atomic mass is 32.1. The summed E-state index contributed by atoms with van der Waals surface area (Å²) in [5, 5.41) is 12.8. The Labute approximate surface area is 197 Å². The van der Waals surface area contributed by atoms with Crippen molar-refractivity contribution >= 4 is 24.7 Å². The van der Waals surface area contributed by atoms with Gasteiger partial charge in [0, 0.05) is 5.92 Å². The molecule has 1 aromatic heterocycles. The molecule has 0 radical (unpaired) electrons. The Hall–Kier alpha value is -1.42. The number of hydrogen-bond acceptors (Lipinski definition) is 3. The number of unbranched alkanes of at least 4 members (excludes halogenated alkanes) is 2. The lowest BCUT2D eigenvalue weighted by Gasteiger charge is -2.53. The molecule has 0 amide bonds. The molecule has 1 aromatic carbocycles. The van der Waals surface area contributed by atoms with Gasteiger partial charge >= 0.3 is 5.97 Å². The van der Waals surface area contributed by atoms with Crippen LogP contribution in [-0.4, -0.2) is 21.1 Å². The van der Waals surface area contributed by atoms with E-state index < -0.39 is 29.8 Å². The number of carbonyl (C=O) groups is 1. The molecule has 4 unspecified atom stereocenters. The van der Waals surface area contributed by atoms with Gasteiger partial charge in [0.05, 0.1) is 17.2 Å². The normalized spacial score (nSPS) is 17.8. The van der Waals surface area contributed by atoms with Crippen molar-refractivity contribution in [1.29, 1.82) is 0 Å². The Morgan fingerprint density at radius 1 is 1.12 bits per heavy atom. The molecule has 0 saturated heterocycles. The maximum atomic E-state index is 14.5. The lowest BCUT2D eigenvalue weighted by molar-refractivity contribution is -0.141. The average Bonchev–Trinajstić information content (AvgIpc) is 3.23. The number of aliphatic carboxylic acids is 1. The van der Waals surface area contributed by atoms with Crippen LogP contribution >= 0.6 is 18.7 Å². The van der Waals surface area contributed by atoms with E-state index >= 15 is 0 Å². The first-order valence-corrected chi connectivity index (χ1v) is 14.4. The molecule has 0 bridgehead atoms. The maximum absolute atomic E-state index is 14.5. The van der Waals surface area contributed by atoms with E-state index in [-0.39, 0.29) is 12.1 Å². The molecule has 0 saturated carbocycles. The number of thiophene rings is 1. The first-order chi connectivity index (χ1) is 15.0. The van der Waals surface area contributed by atoms with Gasteiger partial charge in [0.15, 0.2) is 0 Å². The first kappa shape index (κ1) is 26.8. The molecular formula is C26H39O4PS. The van der Waals surface area contributed by atoms with Gasteiger partial charge in [-0.1, -0.05) is 84.2 Å². The summed E-state index contributed by atoms with van der Waals surface area (Å²) < 4.78 is 14.5. The molecule has 0 spiro atoms. The van der Waals surface area contributed by atoms with Gasteiger partial charge in [-0.15, -0.1) is 0 Å². The molecule has 0 aliphatic carbocycles. The summed E-state index contributed by atoms with van der Waals surface area (Å²) in [6.07, 6.45) is 3.87. The summed E-state index contributed by atoms with van der Waals surface area (Å²) in [7, 11) is -3.79. The highest BCUT2D eigenvalue weighted by Gasteiger charge is 2.59. The molecule has 0 aliphatic heterocycles. The van der Waals surface area contributed by atoms with Crippen LogP contribution in [0.15, 0.2) is 47.2 Å². The van der Waals surface area contributed by atoms with E-state index in [2.05, 4.69) is 27.7 Å². The van der Waals surface area contributed by atoms with E-state index in [1.807, 2.05) is 47.2 Å². The topological polar surface area (TPSA) is 74.6 Å². The van der Waals surface area contributed by atoms with Gasteiger partial charge in [-0.25, -0.2) is 0 Å². The van der Waals surface area contributed by atoms with E-state index in [1.54, 1.807) is 18.3 Å². The summed E-state index contributed by atoms with van der Waals surface area (Å²) in [6, 6.07) is 11.5. The maximum Gasteiger partial charge on any atom is 0.306 e. The van der Waals surface area contributed by atoms with Gasteiger partial charge in [0.2, 0.25) is 7.37 Å². The van der Waals surface area contributed by atoms with Crippen molar-refractivity contribution in [3.8, 4) is 0 Å². The van der Waals surface area contributed by atoms with Crippen LogP contribution in [0.1, 0.15) is 83.8 Å². The fourth-order valence-corrected chi connectivity index (χ4v) is 9.16. The van der Waals surface area contributed by atoms with Crippen molar-refractivity contribution in [2.75, 3.05) is 0 Å². The third-order valence-electron chi connectivity index (χ3n) is 6.86. The Bertz CT molecular complexity index is 888. The molecule has 6 heteroatoms. The van der Waals surface area contributed by atoms with Crippen LogP contribution in [0.25, 0.3) is 0 Å². The summed E-state index contributed by atoms with van der Waals surface area (Å²) >= 11 is 1.55. The standard InChI is InChI=1S/C26H39O4PS/c1-6-7-11-15-26(25(3,4)5,31(29,30)18-21-12-9-8-10-13-21)23(17-20(2)24(27)28)22-14-16-32-19-22/h8-10,12-14,16,19-20,23H,6-7,11,15,17-18H2,1-5H3,(H,27,28)(H,29,30). The second-order valence-corrected chi connectivity index (χ2v) is 13.4. The molecule has 0 fully saturated rings. The molecule has 2 aromatic rings. The molecule has 4 atom stereocenters. The summed E-state index contributed by atoms with van der Waals surface area (Å²) in [4.78, 5) is 23.8. The largest absolute Gasteiger partial charge is 0.481 e. The minimum Gasteiger partial charge on any atom is -0.481 e. The van der Waals surface area contributed by atoms with E-state index in [9.17, 15) is 19.4 Å². The number of carboxylic acids is 1. The quantitative estimate of drug-likeness (QED) is 0.241. The lowest BCUT2D eigenvalue weighted by Crippen LogP contribution is -2.49. The molecule has 4 nitrogen and oxygen atoms in total. The van der Waals surface area contributed by atoms with Crippen molar-refractivity contribution in [1.82, 2.24) is 0 Å². The molecule has 1 heterocycles. The SMILES string of the molecule is CCCCCC(C(CC(C)C(=O)O)c1ccsc1)(C(C)(C)C)P(=O)(O)Cc1ccccc1. The van der Waals surface area contributed by atoms with Crippen molar-refractivity contribution in [2.45, 2.75) is 84.0 Å². The third-order valence-corrected chi connectivity index (χ3v) is 10.8. The van der Waals surface area contributed by atoms with Gasteiger partial charge in [-0.2, -0.15) is 11.3 Å². The number of carboxylic acid groups (broad SMARTS) is 1. The summed E-state index contributed by atoms with van der Waals surface area (Å²) in [5.41, 5.74) is 1.32. The van der Waals surface area contributed by atoms with Crippen molar-refractivity contribution < 1.29 is 19.4 Å². The molecule has 2 rings (SSSR count). The van der Waals surface area contributed by atoms with E-state index in [4.69, 9.17) is 0 Å². The first-order valence-electron chi connectivity index (χ1n) is 11.6. The molecular weight excluding hydrogens is 439 g/mol. The van der Waals surface area contributed by atoms with Crippen LogP contribution in [0.5, 0.6) is 0 Å².